The summed E-state index contributed by atoms with van der Waals surface area (Å²) >= 11 is 6.25. The highest BCUT2D eigenvalue weighted by Gasteiger charge is 2.34. The molecule has 4 nitrogen and oxygen atoms in total. The lowest BCUT2D eigenvalue weighted by Crippen LogP contribution is -2.33. The summed E-state index contributed by atoms with van der Waals surface area (Å²) in [7, 11) is 1.96. The molecule has 1 aromatic rings. The van der Waals surface area contributed by atoms with Gasteiger partial charge in [-0.3, -0.25) is 9.58 Å². The summed E-state index contributed by atoms with van der Waals surface area (Å²) in [5, 5.41) is 8.77. The van der Waals surface area contributed by atoms with Crippen LogP contribution in [0.1, 0.15) is 30.7 Å². The van der Waals surface area contributed by atoms with Crippen LogP contribution in [0.4, 0.5) is 0 Å². The molecule has 1 saturated carbocycles. The van der Waals surface area contributed by atoms with Crippen molar-refractivity contribution in [2.75, 3.05) is 13.1 Å². The van der Waals surface area contributed by atoms with Crippen LogP contribution in [0.2, 0.25) is 5.02 Å². The lowest BCUT2D eigenvalue weighted by atomic mass is 10.2. The molecule has 5 heteroatoms. The van der Waals surface area contributed by atoms with E-state index < -0.39 is 0 Å². The van der Waals surface area contributed by atoms with Gasteiger partial charge < -0.3 is 5.32 Å². The second-order valence-corrected chi connectivity index (χ2v) is 5.94. The van der Waals surface area contributed by atoms with Gasteiger partial charge >= 0.3 is 0 Å². The first-order valence-electron chi connectivity index (χ1n) is 6.80. The first kappa shape index (κ1) is 12.5. The largest absolute Gasteiger partial charge is 0.307 e. The zero-order chi connectivity index (χ0) is 12.7. The highest BCUT2D eigenvalue weighted by atomic mass is 35.5. The number of hydrogen-bond donors (Lipinski definition) is 1. The second kappa shape index (κ2) is 4.83. The number of aryl methyl sites for hydroxylation is 2. The first-order valence-corrected chi connectivity index (χ1v) is 7.18. The van der Waals surface area contributed by atoms with Crippen molar-refractivity contribution in [3.05, 3.63) is 16.4 Å². The summed E-state index contributed by atoms with van der Waals surface area (Å²) in [6.45, 7) is 5.22. The van der Waals surface area contributed by atoms with Gasteiger partial charge in [0.2, 0.25) is 0 Å². The Morgan fingerprint density at radius 2 is 2.17 bits per heavy atom. The van der Waals surface area contributed by atoms with Gasteiger partial charge in [0.25, 0.3) is 0 Å². The van der Waals surface area contributed by atoms with Gasteiger partial charge in [-0.2, -0.15) is 5.10 Å². The van der Waals surface area contributed by atoms with E-state index in [4.69, 9.17) is 11.6 Å². The molecule has 3 rings (SSSR count). The number of nitrogens with one attached hydrogen (secondary N) is 1. The third-order valence-corrected chi connectivity index (χ3v) is 4.59. The molecule has 100 valence electrons. The topological polar surface area (TPSA) is 33.1 Å². The van der Waals surface area contributed by atoms with Crippen LogP contribution in [0.5, 0.6) is 0 Å². The molecule has 0 radical (unpaired) electrons. The molecule has 0 aromatic carbocycles. The van der Waals surface area contributed by atoms with E-state index in [9.17, 15) is 0 Å². The van der Waals surface area contributed by atoms with Crippen LogP contribution in [0.15, 0.2) is 0 Å². The fourth-order valence-corrected chi connectivity index (χ4v) is 3.07. The number of rotatable bonds is 4. The molecule has 1 unspecified atom stereocenters. The Hall–Kier alpha value is -0.580. The van der Waals surface area contributed by atoms with Crippen LogP contribution >= 0.6 is 11.6 Å². The molecule has 1 aliphatic carbocycles. The maximum Gasteiger partial charge on any atom is 0.0860 e. The van der Waals surface area contributed by atoms with Crippen LogP contribution in [-0.2, 0) is 13.6 Å². The van der Waals surface area contributed by atoms with Crippen molar-refractivity contribution in [1.29, 1.82) is 0 Å². The van der Waals surface area contributed by atoms with Crippen molar-refractivity contribution in [1.82, 2.24) is 20.0 Å². The van der Waals surface area contributed by atoms with Crippen molar-refractivity contribution < 1.29 is 0 Å². The Labute approximate surface area is 113 Å². The maximum absolute atomic E-state index is 6.25. The fourth-order valence-electron chi connectivity index (χ4n) is 2.84. The average Bonchev–Trinajstić information content (AvgIpc) is 3.03. The molecule has 0 spiro atoms. The van der Waals surface area contributed by atoms with Crippen molar-refractivity contribution in [2.24, 2.45) is 7.05 Å². The Bertz CT molecular complexity index is 438. The van der Waals surface area contributed by atoms with Gasteiger partial charge in [-0.1, -0.05) is 11.6 Å². The summed E-state index contributed by atoms with van der Waals surface area (Å²) in [5.41, 5.74) is 2.01. The summed E-state index contributed by atoms with van der Waals surface area (Å²) in [5.74, 6) is 0. The number of nitrogens with zero attached hydrogens (tertiary/aromatic N) is 3. The highest BCUT2D eigenvalue weighted by molar-refractivity contribution is 6.31. The highest BCUT2D eigenvalue weighted by Crippen LogP contribution is 2.30. The molecule has 1 saturated heterocycles. The SMILES string of the molecule is Cc1nn(C)c(CNC2CCN(C3CC3)C2)c1Cl. The molecular formula is C13H21ClN4. The van der Waals surface area contributed by atoms with Crippen LogP contribution in [0, 0.1) is 6.92 Å². The number of likely N-dealkylation sites (tertiary alicyclic amines) is 1. The third kappa shape index (κ3) is 2.42. The number of hydrogen-bond acceptors (Lipinski definition) is 3. The van der Waals surface area contributed by atoms with Crippen LogP contribution < -0.4 is 5.32 Å². The van der Waals surface area contributed by atoms with Crippen LogP contribution in [-0.4, -0.2) is 39.9 Å². The van der Waals surface area contributed by atoms with Crippen molar-refractivity contribution in [3.8, 4) is 0 Å². The average molecular weight is 269 g/mol. The summed E-state index contributed by atoms with van der Waals surface area (Å²) < 4.78 is 1.89. The Morgan fingerprint density at radius 3 is 2.78 bits per heavy atom. The number of aromatic nitrogens is 2. The molecule has 2 heterocycles. The molecule has 2 aliphatic rings. The monoisotopic (exact) mass is 268 g/mol. The molecule has 1 aliphatic heterocycles. The van der Waals surface area contributed by atoms with E-state index in [1.807, 2.05) is 18.7 Å². The number of halogens is 1. The smallest absolute Gasteiger partial charge is 0.0860 e. The van der Waals surface area contributed by atoms with Crippen molar-refractivity contribution in [3.63, 3.8) is 0 Å². The summed E-state index contributed by atoms with van der Waals surface area (Å²) in [4.78, 5) is 2.62. The van der Waals surface area contributed by atoms with Crippen LogP contribution in [0.3, 0.4) is 0 Å². The molecule has 0 amide bonds. The van der Waals surface area contributed by atoms with Crippen molar-refractivity contribution in [2.45, 2.75) is 44.8 Å². The fraction of sp³-hybridized carbons (Fsp3) is 0.769. The molecule has 18 heavy (non-hydrogen) atoms. The molecule has 0 bridgehead atoms. The molecule has 1 N–H and O–H groups in total. The van der Waals surface area contributed by atoms with Gasteiger partial charge in [-0.25, -0.2) is 0 Å². The Balaban J connectivity index is 1.55. The predicted molar refractivity (Wildman–Crippen MR) is 72.8 cm³/mol. The van der Waals surface area contributed by atoms with E-state index in [1.54, 1.807) is 0 Å². The van der Waals surface area contributed by atoms with E-state index in [0.717, 1.165) is 29.0 Å². The maximum atomic E-state index is 6.25. The minimum absolute atomic E-state index is 0.608. The second-order valence-electron chi connectivity index (χ2n) is 5.56. The molecular weight excluding hydrogens is 248 g/mol. The van der Waals surface area contributed by atoms with E-state index in [0.29, 0.717) is 6.04 Å². The Morgan fingerprint density at radius 1 is 1.39 bits per heavy atom. The Kier molecular flexibility index (Phi) is 3.34. The third-order valence-electron chi connectivity index (χ3n) is 4.10. The van der Waals surface area contributed by atoms with Gasteiger partial charge in [-0.05, 0) is 26.2 Å². The molecule has 1 aromatic heterocycles. The van der Waals surface area contributed by atoms with Crippen LogP contribution in [0.25, 0.3) is 0 Å². The zero-order valence-electron chi connectivity index (χ0n) is 11.1. The van der Waals surface area contributed by atoms with E-state index >= 15 is 0 Å². The standard InChI is InChI=1S/C13H21ClN4/c1-9-13(14)12(17(2)16-9)7-15-10-5-6-18(8-10)11-3-4-11/h10-11,15H,3-8H2,1-2H3. The summed E-state index contributed by atoms with van der Waals surface area (Å²) in [6.07, 6.45) is 4.06. The quantitative estimate of drug-likeness (QED) is 0.903. The van der Waals surface area contributed by atoms with Gasteiger partial charge in [-0.15, -0.1) is 0 Å². The first-order chi connectivity index (χ1) is 8.65. The van der Waals surface area contributed by atoms with E-state index in [-0.39, 0.29) is 0 Å². The normalized spacial score (nSPS) is 24.9. The molecule has 1 atom stereocenters. The van der Waals surface area contributed by atoms with E-state index in [2.05, 4.69) is 15.3 Å². The molecule has 2 fully saturated rings. The van der Waals surface area contributed by atoms with Gasteiger partial charge in [0, 0.05) is 38.8 Å². The summed E-state index contributed by atoms with van der Waals surface area (Å²) in [6, 6.07) is 1.50. The van der Waals surface area contributed by atoms with Crippen molar-refractivity contribution >= 4 is 11.6 Å². The van der Waals surface area contributed by atoms with Gasteiger partial charge in [0.15, 0.2) is 0 Å². The predicted octanol–water partition coefficient (Wildman–Crippen LogP) is 1.71. The van der Waals surface area contributed by atoms with E-state index in [1.165, 1.54) is 32.4 Å². The van der Waals surface area contributed by atoms with Gasteiger partial charge in [0.1, 0.15) is 0 Å². The minimum atomic E-state index is 0.608. The zero-order valence-corrected chi connectivity index (χ0v) is 11.9. The minimum Gasteiger partial charge on any atom is -0.307 e. The lowest BCUT2D eigenvalue weighted by Gasteiger charge is -2.15. The lowest BCUT2D eigenvalue weighted by molar-refractivity contribution is 0.317. The van der Waals surface area contributed by atoms with Gasteiger partial charge in [0.05, 0.1) is 16.4 Å².